The summed E-state index contributed by atoms with van der Waals surface area (Å²) in [5, 5.41) is 31.5. The van der Waals surface area contributed by atoms with Gasteiger partial charge >= 0.3 is 6.03 Å². The van der Waals surface area contributed by atoms with Gasteiger partial charge in [-0.05, 0) is 108 Å². The predicted molar refractivity (Wildman–Crippen MR) is 192 cm³/mol. The Hall–Kier alpha value is -6.53. The van der Waals surface area contributed by atoms with E-state index in [1.807, 2.05) is 0 Å². The molecular formula is C35H26N4O11S2. The number of aromatic hydroxyl groups is 2. The van der Waals surface area contributed by atoms with Crippen molar-refractivity contribution in [2.75, 3.05) is 21.3 Å². The second kappa shape index (κ2) is 13.6. The minimum Gasteiger partial charge on any atom is -0.508 e. The van der Waals surface area contributed by atoms with Crippen LogP contribution >= 0.6 is 0 Å². The number of rotatable bonds is 8. The van der Waals surface area contributed by atoms with Crippen LogP contribution in [0.3, 0.4) is 0 Å². The van der Waals surface area contributed by atoms with E-state index < -0.39 is 47.9 Å². The highest BCUT2D eigenvalue weighted by Crippen LogP contribution is 2.32. The van der Waals surface area contributed by atoms with E-state index in [2.05, 4.69) is 21.3 Å². The normalized spacial score (nSPS) is 11.6. The maximum absolute atomic E-state index is 13.0. The third-order valence-corrected chi connectivity index (χ3v) is 9.39. The number of urea groups is 1. The van der Waals surface area contributed by atoms with Crippen LogP contribution in [0.2, 0.25) is 0 Å². The molecule has 0 radical (unpaired) electrons. The topological polar surface area (TPSA) is 249 Å². The summed E-state index contributed by atoms with van der Waals surface area (Å²) in [6.07, 6.45) is 0. The lowest BCUT2D eigenvalue weighted by Gasteiger charge is -2.12. The Morgan fingerprint density at radius 3 is 1.17 bits per heavy atom. The first-order valence-electron chi connectivity index (χ1n) is 14.9. The summed E-state index contributed by atoms with van der Waals surface area (Å²) < 4.78 is 66.2. The first-order valence-corrected chi connectivity index (χ1v) is 17.8. The zero-order valence-corrected chi connectivity index (χ0v) is 28.0. The molecule has 0 atom stereocenters. The minimum atomic E-state index is -4.61. The highest BCUT2D eigenvalue weighted by molar-refractivity contribution is 7.86. The molecule has 0 aliphatic heterocycles. The van der Waals surface area contributed by atoms with Crippen molar-refractivity contribution >= 4 is 82.4 Å². The Labute approximate surface area is 295 Å². The van der Waals surface area contributed by atoms with Crippen molar-refractivity contribution in [3.8, 4) is 11.5 Å². The highest BCUT2D eigenvalue weighted by atomic mass is 32.2. The lowest BCUT2D eigenvalue weighted by Crippen LogP contribution is -2.20. The highest BCUT2D eigenvalue weighted by Gasteiger charge is 2.18. The molecule has 0 aromatic heterocycles. The number of hydrogen-bond donors (Lipinski definition) is 8. The molecule has 0 saturated heterocycles. The van der Waals surface area contributed by atoms with E-state index in [-0.39, 0.29) is 34.0 Å². The summed E-state index contributed by atoms with van der Waals surface area (Å²) in [4.78, 5) is 37.8. The summed E-state index contributed by atoms with van der Waals surface area (Å²) in [5.41, 5.74) is 0.936. The van der Waals surface area contributed by atoms with E-state index in [0.717, 1.165) is 12.1 Å². The molecule has 8 N–H and O–H groups in total. The molecule has 0 unspecified atom stereocenters. The van der Waals surface area contributed by atoms with Crippen molar-refractivity contribution in [2.45, 2.75) is 9.79 Å². The van der Waals surface area contributed by atoms with Crippen molar-refractivity contribution in [3.63, 3.8) is 0 Å². The van der Waals surface area contributed by atoms with Crippen LogP contribution < -0.4 is 21.3 Å². The average molecular weight is 743 g/mol. The molecule has 15 nitrogen and oxygen atoms in total. The number of carbonyl (C=O) groups excluding carboxylic acids is 3. The molecule has 264 valence electrons. The van der Waals surface area contributed by atoms with Crippen molar-refractivity contribution < 1.29 is 50.5 Å². The largest absolute Gasteiger partial charge is 0.508 e. The van der Waals surface area contributed by atoms with Gasteiger partial charge in [0, 0.05) is 33.3 Å². The quantitative estimate of drug-likeness (QED) is 0.0834. The summed E-state index contributed by atoms with van der Waals surface area (Å²) >= 11 is 0. The molecule has 6 rings (SSSR count). The van der Waals surface area contributed by atoms with Gasteiger partial charge < -0.3 is 31.5 Å². The molecule has 4 amide bonds. The Morgan fingerprint density at radius 1 is 0.462 bits per heavy atom. The van der Waals surface area contributed by atoms with Gasteiger partial charge in [-0.3, -0.25) is 18.7 Å². The van der Waals surface area contributed by atoms with E-state index in [1.54, 1.807) is 0 Å². The number of phenols is 2. The van der Waals surface area contributed by atoms with Crippen LogP contribution in [0.15, 0.2) is 119 Å². The van der Waals surface area contributed by atoms with Crippen LogP contribution in [0.4, 0.5) is 27.5 Å². The number of benzene rings is 6. The van der Waals surface area contributed by atoms with Crippen molar-refractivity contribution in [1.82, 2.24) is 0 Å². The predicted octanol–water partition coefficient (Wildman–Crippen LogP) is 6.05. The number of phenolic OH excluding ortho intramolecular Hbond substituents is 2. The second-order valence-corrected chi connectivity index (χ2v) is 14.2. The van der Waals surface area contributed by atoms with Crippen LogP contribution in [0.1, 0.15) is 20.7 Å². The van der Waals surface area contributed by atoms with Crippen LogP contribution in [-0.2, 0) is 20.2 Å². The monoisotopic (exact) mass is 742 g/mol. The molecule has 52 heavy (non-hydrogen) atoms. The Kier molecular flexibility index (Phi) is 9.26. The van der Waals surface area contributed by atoms with Crippen molar-refractivity contribution in [1.29, 1.82) is 0 Å². The van der Waals surface area contributed by atoms with E-state index in [4.69, 9.17) is 0 Å². The fourth-order valence-electron chi connectivity index (χ4n) is 5.23. The van der Waals surface area contributed by atoms with Gasteiger partial charge in [0.05, 0.1) is 21.2 Å². The molecule has 6 aromatic rings. The molecule has 0 saturated carbocycles. The number of carbonyl (C=O) groups is 3. The fraction of sp³-hybridized carbons (Fsp3) is 0. The van der Waals surface area contributed by atoms with Crippen molar-refractivity contribution in [3.05, 3.63) is 120 Å². The zero-order valence-electron chi connectivity index (χ0n) is 26.4. The Balaban J connectivity index is 1.10. The van der Waals surface area contributed by atoms with Crippen LogP contribution in [-0.4, -0.2) is 54.0 Å². The van der Waals surface area contributed by atoms with Crippen LogP contribution in [0.5, 0.6) is 11.5 Å². The van der Waals surface area contributed by atoms with Gasteiger partial charge in [0.15, 0.2) is 0 Å². The molecular weight excluding hydrogens is 717 g/mol. The Morgan fingerprint density at radius 2 is 0.827 bits per heavy atom. The standard InChI is InChI=1S/C35H26N4O11S2/c40-25-11-5-21-13-27(51(45,46)47)17-31(29(21)15-25)38-33(42)19-1-7-23(8-2-19)36-35(44)37-24-9-3-20(4-10-24)34(43)39-32-18-28(52(48,49)50)14-22-6-12-26(41)16-30(22)32/h1-18,40-41H,(H,38,42)(H,39,43)(H2,36,37,44)(H,45,46,47)(H,48,49,50). The van der Waals surface area contributed by atoms with Gasteiger partial charge in [-0.25, -0.2) is 4.79 Å². The first-order chi connectivity index (χ1) is 24.5. The smallest absolute Gasteiger partial charge is 0.323 e. The van der Waals surface area contributed by atoms with Gasteiger partial charge in [0.2, 0.25) is 0 Å². The number of hydrogen-bond acceptors (Lipinski definition) is 9. The van der Waals surface area contributed by atoms with Gasteiger partial charge in [-0.1, -0.05) is 12.1 Å². The molecule has 0 spiro atoms. The van der Waals surface area contributed by atoms with Gasteiger partial charge in [-0.15, -0.1) is 0 Å². The van der Waals surface area contributed by atoms with Crippen LogP contribution in [0, 0.1) is 0 Å². The molecule has 6 aromatic carbocycles. The number of nitrogens with one attached hydrogen (secondary N) is 4. The molecule has 17 heteroatoms. The van der Waals surface area contributed by atoms with Crippen molar-refractivity contribution in [2.24, 2.45) is 0 Å². The molecule has 0 bridgehead atoms. The van der Waals surface area contributed by atoms with E-state index in [0.29, 0.717) is 32.9 Å². The summed E-state index contributed by atoms with van der Waals surface area (Å²) in [7, 11) is -9.21. The zero-order chi connectivity index (χ0) is 37.4. The minimum absolute atomic E-state index is 0.0243. The SMILES string of the molecule is O=C(Nc1ccc(C(=O)Nc2cc(S(=O)(=O)O)cc3ccc(O)cc23)cc1)Nc1ccc(C(=O)Nc2cc(S(=O)(=O)O)cc3ccc(O)cc23)cc1. The number of amides is 4. The lowest BCUT2D eigenvalue weighted by molar-refractivity contribution is 0.101. The molecule has 0 fully saturated rings. The summed E-state index contributed by atoms with van der Waals surface area (Å²) in [5.74, 6) is -1.54. The van der Waals surface area contributed by atoms with Gasteiger partial charge in [0.25, 0.3) is 32.1 Å². The Bertz CT molecular complexity index is 2460. The second-order valence-electron chi connectivity index (χ2n) is 11.3. The molecule has 0 aliphatic rings. The first kappa shape index (κ1) is 35.3. The van der Waals surface area contributed by atoms with E-state index in [1.165, 1.54) is 97.1 Å². The number of anilines is 4. The summed E-state index contributed by atoms with van der Waals surface area (Å²) in [6, 6.07) is 23.4. The lowest BCUT2D eigenvalue weighted by atomic mass is 10.1. The maximum Gasteiger partial charge on any atom is 0.323 e. The summed E-state index contributed by atoms with van der Waals surface area (Å²) in [6.45, 7) is 0. The van der Waals surface area contributed by atoms with E-state index >= 15 is 0 Å². The maximum atomic E-state index is 13.0. The average Bonchev–Trinajstić information content (AvgIpc) is 3.08. The number of fused-ring (bicyclic) bond motifs is 2. The van der Waals surface area contributed by atoms with E-state index in [9.17, 15) is 50.5 Å². The van der Waals surface area contributed by atoms with Gasteiger partial charge in [0.1, 0.15) is 11.5 Å². The molecule has 0 aliphatic carbocycles. The third-order valence-electron chi connectivity index (χ3n) is 7.72. The third kappa shape index (κ3) is 7.92. The van der Waals surface area contributed by atoms with Crippen LogP contribution in [0.25, 0.3) is 21.5 Å². The molecule has 0 heterocycles. The van der Waals surface area contributed by atoms with Gasteiger partial charge in [-0.2, -0.15) is 16.8 Å². The fourth-order valence-corrected chi connectivity index (χ4v) is 6.32.